The van der Waals surface area contributed by atoms with E-state index in [1.807, 2.05) is 13.8 Å². The summed E-state index contributed by atoms with van der Waals surface area (Å²) in [5.41, 5.74) is -1.95. The van der Waals surface area contributed by atoms with Gasteiger partial charge in [0.25, 0.3) is 5.91 Å². The second-order valence-corrected chi connectivity index (χ2v) is 11.0. The number of fused-ring (bicyclic) bond motifs is 1. The van der Waals surface area contributed by atoms with E-state index >= 15 is 0 Å². The van der Waals surface area contributed by atoms with Crippen molar-refractivity contribution in [3.8, 4) is 16.3 Å². The number of thiazole rings is 1. The standard InChI is InChI=1S/C26H26F2N4O4S/c1-14(2)31-13-26(3,25(36)30-7-4-8-30)32-12-18(21(33)22(34)20(32)24(31)35)23-29-11-17(37-23)9-15-5-6-16(27)10-19(15)28/h5-6,10-12,14,34H,4,7-9,13H2,1-3H3. The van der Waals surface area contributed by atoms with E-state index in [0.717, 1.165) is 23.8 Å². The van der Waals surface area contributed by atoms with E-state index in [4.69, 9.17) is 0 Å². The Balaban J connectivity index is 1.60. The summed E-state index contributed by atoms with van der Waals surface area (Å²) in [5, 5.41) is 11.2. The van der Waals surface area contributed by atoms with Gasteiger partial charge in [-0.3, -0.25) is 14.4 Å². The van der Waals surface area contributed by atoms with Crippen LogP contribution < -0.4 is 5.43 Å². The van der Waals surface area contributed by atoms with Gasteiger partial charge in [0.05, 0.1) is 12.1 Å². The smallest absolute Gasteiger partial charge is 0.274 e. The van der Waals surface area contributed by atoms with E-state index in [9.17, 15) is 28.3 Å². The van der Waals surface area contributed by atoms with Crippen LogP contribution in [0, 0.1) is 11.6 Å². The highest BCUT2D eigenvalue weighted by Crippen LogP contribution is 2.36. The average molecular weight is 529 g/mol. The Morgan fingerprint density at radius 3 is 2.59 bits per heavy atom. The van der Waals surface area contributed by atoms with Crippen LogP contribution in [0.1, 0.15) is 48.1 Å². The number of likely N-dealkylation sites (tertiary alicyclic amines) is 1. The van der Waals surface area contributed by atoms with Crippen LogP contribution in [0.15, 0.2) is 35.4 Å². The Morgan fingerprint density at radius 2 is 1.97 bits per heavy atom. The second kappa shape index (κ2) is 9.05. The third-order valence-corrected chi connectivity index (χ3v) is 8.08. The summed E-state index contributed by atoms with van der Waals surface area (Å²) >= 11 is 1.12. The predicted molar refractivity (Wildman–Crippen MR) is 134 cm³/mol. The first-order valence-electron chi connectivity index (χ1n) is 12.0. The first kappa shape index (κ1) is 25.1. The fourth-order valence-corrected chi connectivity index (χ4v) is 5.72. The normalized spacial score (nSPS) is 19.2. The van der Waals surface area contributed by atoms with E-state index in [1.54, 1.807) is 11.8 Å². The van der Waals surface area contributed by atoms with Crippen molar-refractivity contribution >= 4 is 23.2 Å². The largest absolute Gasteiger partial charge is 0.503 e. The Hall–Kier alpha value is -3.60. The Bertz CT molecular complexity index is 1480. The molecule has 2 amide bonds. The monoisotopic (exact) mass is 528 g/mol. The number of hydrogen-bond acceptors (Lipinski definition) is 6. The third kappa shape index (κ3) is 4.11. The minimum atomic E-state index is -1.24. The highest BCUT2D eigenvalue weighted by Gasteiger charge is 2.49. The zero-order chi connectivity index (χ0) is 26.6. The highest BCUT2D eigenvalue weighted by atomic mass is 32.1. The van der Waals surface area contributed by atoms with Gasteiger partial charge in [0.1, 0.15) is 22.2 Å². The summed E-state index contributed by atoms with van der Waals surface area (Å²) in [7, 11) is 0. The summed E-state index contributed by atoms with van der Waals surface area (Å²) in [6.07, 6.45) is 3.93. The van der Waals surface area contributed by atoms with Crippen molar-refractivity contribution in [2.24, 2.45) is 0 Å². The quantitative estimate of drug-likeness (QED) is 0.548. The second-order valence-electron chi connectivity index (χ2n) is 9.93. The van der Waals surface area contributed by atoms with Gasteiger partial charge in [0.2, 0.25) is 11.3 Å². The average Bonchev–Trinajstić information content (AvgIpc) is 3.26. The van der Waals surface area contributed by atoms with Crippen LogP contribution in [0.25, 0.3) is 10.6 Å². The first-order chi connectivity index (χ1) is 17.5. The summed E-state index contributed by atoms with van der Waals surface area (Å²) in [6.45, 7) is 6.62. The lowest BCUT2D eigenvalue weighted by Crippen LogP contribution is -2.63. The molecule has 1 unspecified atom stereocenters. The first-order valence-corrected chi connectivity index (χ1v) is 12.8. The van der Waals surface area contributed by atoms with Crippen molar-refractivity contribution in [1.29, 1.82) is 0 Å². The van der Waals surface area contributed by atoms with Crippen molar-refractivity contribution in [2.75, 3.05) is 19.6 Å². The molecule has 11 heteroatoms. The highest BCUT2D eigenvalue weighted by molar-refractivity contribution is 7.15. The Morgan fingerprint density at radius 1 is 1.24 bits per heavy atom. The van der Waals surface area contributed by atoms with Gasteiger partial charge in [0.15, 0.2) is 11.4 Å². The molecule has 0 bridgehead atoms. The zero-order valence-electron chi connectivity index (χ0n) is 20.6. The number of rotatable bonds is 5. The number of nitrogens with zero attached hydrogens (tertiary/aromatic N) is 4. The van der Waals surface area contributed by atoms with Gasteiger partial charge in [-0.1, -0.05) is 6.07 Å². The molecule has 8 nitrogen and oxygen atoms in total. The summed E-state index contributed by atoms with van der Waals surface area (Å²) < 4.78 is 28.8. The number of hydrogen-bond donors (Lipinski definition) is 1. The lowest BCUT2D eigenvalue weighted by molar-refractivity contribution is -0.145. The SMILES string of the molecule is CC(C)N1CC(C)(C(=O)N2CCC2)n2cc(-c3ncc(Cc4ccc(F)cc4F)s3)c(=O)c(O)c2C1=O. The molecule has 1 saturated heterocycles. The number of carbonyl (C=O) groups excluding carboxylic acids is 2. The lowest BCUT2D eigenvalue weighted by Gasteiger charge is -2.47. The van der Waals surface area contributed by atoms with Crippen molar-refractivity contribution in [2.45, 2.75) is 45.2 Å². The molecule has 1 atom stereocenters. The molecule has 4 heterocycles. The fourth-order valence-electron chi connectivity index (χ4n) is 4.78. The van der Waals surface area contributed by atoms with Crippen LogP contribution >= 0.6 is 11.3 Å². The van der Waals surface area contributed by atoms with Crippen LogP contribution in [0.3, 0.4) is 0 Å². The molecule has 2 aromatic heterocycles. The van der Waals surface area contributed by atoms with Crippen LogP contribution in [0.5, 0.6) is 5.75 Å². The predicted octanol–water partition coefficient (Wildman–Crippen LogP) is 3.36. The third-order valence-electron chi connectivity index (χ3n) is 7.05. The van der Waals surface area contributed by atoms with Gasteiger partial charge in [-0.05, 0) is 38.8 Å². The Kier molecular flexibility index (Phi) is 6.13. The molecule has 194 valence electrons. The van der Waals surface area contributed by atoms with Crippen LogP contribution in [-0.4, -0.2) is 61.9 Å². The van der Waals surface area contributed by atoms with Crippen molar-refractivity contribution in [1.82, 2.24) is 19.4 Å². The van der Waals surface area contributed by atoms with Gasteiger partial charge >= 0.3 is 0 Å². The molecule has 2 aliphatic rings. The number of aromatic nitrogens is 2. The summed E-state index contributed by atoms with van der Waals surface area (Å²) in [5.74, 6) is -2.83. The molecule has 1 N–H and O–H groups in total. The maximum Gasteiger partial charge on any atom is 0.274 e. The lowest BCUT2D eigenvalue weighted by atomic mass is 9.91. The molecule has 37 heavy (non-hydrogen) atoms. The molecule has 3 aromatic rings. The van der Waals surface area contributed by atoms with E-state index in [-0.39, 0.29) is 46.7 Å². The van der Waals surface area contributed by atoms with Gasteiger partial charge in [-0.15, -0.1) is 11.3 Å². The van der Waals surface area contributed by atoms with E-state index in [0.29, 0.717) is 18.0 Å². The summed E-state index contributed by atoms with van der Waals surface area (Å²) in [4.78, 5) is 48.2. The summed E-state index contributed by atoms with van der Waals surface area (Å²) in [6, 6.07) is 3.07. The van der Waals surface area contributed by atoms with Crippen molar-refractivity contribution in [3.63, 3.8) is 0 Å². The molecule has 5 rings (SSSR count). The van der Waals surface area contributed by atoms with E-state index < -0.39 is 34.3 Å². The van der Waals surface area contributed by atoms with Crippen LogP contribution in [-0.2, 0) is 16.8 Å². The minimum Gasteiger partial charge on any atom is -0.503 e. The van der Waals surface area contributed by atoms with Gasteiger partial charge < -0.3 is 19.5 Å². The number of carbonyl (C=O) groups is 2. The van der Waals surface area contributed by atoms with Gasteiger partial charge in [-0.2, -0.15) is 0 Å². The Labute approximate surface area is 215 Å². The molecule has 1 fully saturated rings. The van der Waals surface area contributed by atoms with Gasteiger partial charge in [0, 0.05) is 48.9 Å². The molecule has 0 saturated carbocycles. The van der Waals surface area contributed by atoms with Gasteiger partial charge in [-0.25, -0.2) is 13.8 Å². The maximum atomic E-state index is 14.1. The topological polar surface area (TPSA) is 95.7 Å². The molecule has 0 spiro atoms. The van der Waals surface area contributed by atoms with E-state index in [2.05, 4.69) is 4.98 Å². The molecule has 2 aliphatic heterocycles. The zero-order valence-corrected chi connectivity index (χ0v) is 21.4. The minimum absolute atomic E-state index is 0.0329. The van der Waals surface area contributed by atoms with E-state index in [1.165, 1.54) is 34.0 Å². The maximum absolute atomic E-state index is 14.1. The van der Waals surface area contributed by atoms with Crippen molar-refractivity contribution < 1.29 is 23.5 Å². The molecule has 0 aliphatic carbocycles. The number of halogens is 2. The van der Waals surface area contributed by atoms with Crippen LogP contribution in [0.2, 0.25) is 0 Å². The van der Waals surface area contributed by atoms with Crippen molar-refractivity contribution in [3.05, 3.63) is 68.6 Å². The van der Waals surface area contributed by atoms with Crippen LogP contribution in [0.4, 0.5) is 8.78 Å². The number of amides is 2. The number of pyridine rings is 1. The molecular formula is C26H26F2N4O4S. The molecular weight excluding hydrogens is 502 g/mol. The molecule has 0 radical (unpaired) electrons. The fraction of sp³-hybridized carbons (Fsp3) is 0.385. The number of benzene rings is 1. The number of aromatic hydroxyl groups is 1. The molecule has 1 aromatic carbocycles.